The minimum atomic E-state index is -0.385. The number of nitrogens with zero attached hydrogens (tertiary/aromatic N) is 4. The molecular formula is C33H30N4O4. The Balaban J connectivity index is 1.24. The van der Waals surface area contributed by atoms with E-state index in [2.05, 4.69) is 21.1 Å². The third-order valence-electron chi connectivity index (χ3n) is 7.19. The predicted molar refractivity (Wildman–Crippen MR) is 157 cm³/mol. The normalized spacial score (nSPS) is 12.7. The number of benzene rings is 2. The molecule has 0 N–H and O–H groups in total. The van der Waals surface area contributed by atoms with E-state index in [0.29, 0.717) is 29.4 Å². The Morgan fingerprint density at radius 3 is 2.66 bits per heavy atom. The lowest BCUT2D eigenvalue weighted by Crippen LogP contribution is -2.25. The summed E-state index contributed by atoms with van der Waals surface area (Å²) in [5, 5.41) is 5.25. The van der Waals surface area contributed by atoms with Crippen molar-refractivity contribution in [2.75, 3.05) is 6.61 Å². The van der Waals surface area contributed by atoms with Crippen molar-refractivity contribution in [2.45, 2.75) is 46.1 Å². The number of carbonyl (C=O) groups excluding carboxylic acids is 1. The van der Waals surface area contributed by atoms with Crippen LogP contribution in [0.15, 0.2) is 78.0 Å². The van der Waals surface area contributed by atoms with Crippen LogP contribution in [0.4, 0.5) is 0 Å². The summed E-state index contributed by atoms with van der Waals surface area (Å²) in [6.45, 7) is 6.61. The van der Waals surface area contributed by atoms with Crippen molar-refractivity contribution in [1.82, 2.24) is 19.7 Å². The molecule has 8 nitrogen and oxygen atoms in total. The maximum atomic E-state index is 13.4. The third kappa shape index (κ3) is 5.45. The van der Waals surface area contributed by atoms with Gasteiger partial charge in [0.05, 0.1) is 24.7 Å². The Morgan fingerprint density at radius 2 is 1.90 bits per heavy atom. The first kappa shape index (κ1) is 26.4. The third-order valence-corrected chi connectivity index (χ3v) is 7.19. The summed E-state index contributed by atoms with van der Waals surface area (Å²) in [7, 11) is 0. The number of rotatable bonds is 7. The van der Waals surface area contributed by atoms with Gasteiger partial charge in [0.1, 0.15) is 17.2 Å². The van der Waals surface area contributed by atoms with E-state index in [-0.39, 0.29) is 29.4 Å². The van der Waals surface area contributed by atoms with Crippen molar-refractivity contribution in [3.63, 3.8) is 0 Å². The summed E-state index contributed by atoms with van der Waals surface area (Å²) in [5.74, 6) is 1.65. The Kier molecular flexibility index (Phi) is 7.05. The SMILES string of the molecule is Cc1ccc(-c2cn(C(C)C)nc(C(=O)Cc3ccc(Oc4ccnc5cc6c(cc45)OCCC6)cn3)c2=O)cc1. The molecule has 5 aromatic rings. The molecule has 41 heavy (non-hydrogen) atoms. The fourth-order valence-electron chi connectivity index (χ4n) is 4.90. The van der Waals surface area contributed by atoms with Gasteiger partial charge >= 0.3 is 0 Å². The largest absolute Gasteiger partial charge is 0.493 e. The van der Waals surface area contributed by atoms with Crippen molar-refractivity contribution in [3.05, 3.63) is 106 Å². The maximum Gasteiger partial charge on any atom is 0.219 e. The molecule has 0 saturated heterocycles. The van der Waals surface area contributed by atoms with E-state index in [4.69, 9.17) is 9.47 Å². The van der Waals surface area contributed by atoms with Crippen LogP contribution in [-0.4, -0.2) is 32.1 Å². The minimum absolute atomic E-state index is 0.0257. The molecule has 1 aliphatic rings. The Morgan fingerprint density at radius 1 is 1.07 bits per heavy atom. The molecule has 0 spiro atoms. The molecule has 0 atom stereocenters. The first-order valence-electron chi connectivity index (χ1n) is 13.8. The number of Topliss-reactive ketones (excluding diaryl/α,β-unsaturated/α-hetero) is 1. The summed E-state index contributed by atoms with van der Waals surface area (Å²) in [6.07, 6.45) is 6.92. The number of aryl methyl sites for hydroxylation is 2. The molecule has 0 bridgehead atoms. The van der Waals surface area contributed by atoms with E-state index in [0.717, 1.165) is 46.2 Å². The van der Waals surface area contributed by atoms with E-state index < -0.39 is 0 Å². The van der Waals surface area contributed by atoms with E-state index in [1.54, 1.807) is 41.5 Å². The highest BCUT2D eigenvalue weighted by Gasteiger charge is 2.20. The molecule has 2 aromatic carbocycles. The highest BCUT2D eigenvalue weighted by Crippen LogP contribution is 2.35. The van der Waals surface area contributed by atoms with Gasteiger partial charge in [0.2, 0.25) is 5.43 Å². The van der Waals surface area contributed by atoms with Crippen LogP contribution < -0.4 is 14.9 Å². The van der Waals surface area contributed by atoms with Gasteiger partial charge in [-0.1, -0.05) is 29.8 Å². The van der Waals surface area contributed by atoms with Crippen LogP contribution >= 0.6 is 0 Å². The van der Waals surface area contributed by atoms with Gasteiger partial charge in [-0.15, -0.1) is 0 Å². The Hall–Kier alpha value is -4.85. The van der Waals surface area contributed by atoms with Crippen LogP contribution in [0.25, 0.3) is 22.0 Å². The van der Waals surface area contributed by atoms with Gasteiger partial charge in [-0.2, -0.15) is 5.10 Å². The first-order chi connectivity index (χ1) is 19.9. The van der Waals surface area contributed by atoms with Crippen molar-refractivity contribution < 1.29 is 14.3 Å². The summed E-state index contributed by atoms with van der Waals surface area (Å²) in [4.78, 5) is 35.6. The van der Waals surface area contributed by atoms with Crippen LogP contribution in [0.5, 0.6) is 17.2 Å². The number of hydrogen-bond acceptors (Lipinski definition) is 7. The second kappa shape index (κ2) is 11.0. The van der Waals surface area contributed by atoms with Crippen molar-refractivity contribution in [2.24, 2.45) is 0 Å². The van der Waals surface area contributed by atoms with Gasteiger partial charge in [0.25, 0.3) is 0 Å². The second-order valence-electron chi connectivity index (χ2n) is 10.6. The molecule has 206 valence electrons. The number of ketones is 1. The molecule has 0 aliphatic carbocycles. The first-order valence-corrected chi connectivity index (χ1v) is 13.8. The predicted octanol–water partition coefficient (Wildman–Crippen LogP) is 6.29. The zero-order valence-electron chi connectivity index (χ0n) is 23.3. The smallest absolute Gasteiger partial charge is 0.219 e. The highest BCUT2D eigenvalue weighted by molar-refractivity contribution is 5.96. The molecule has 4 heterocycles. The quantitative estimate of drug-likeness (QED) is 0.222. The number of aromatic nitrogens is 4. The van der Waals surface area contributed by atoms with E-state index in [1.807, 2.05) is 51.1 Å². The summed E-state index contributed by atoms with van der Waals surface area (Å²) < 4.78 is 13.7. The molecule has 0 amide bonds. The topological polar surface area (TPSA) is 96.2 Å². The number of ether oxygens (including phenoxy) is 2. The van der Waals surface area contributed by atoms with E-state index in [9.17, 15) is 9.59 Å². The number of fused-ring (bicyclic) bond motifs is 2. The van der Waals surface area contributed by atoms with Crippen LogP contribution in [0.2, 0.25) is 0 Å². The lowest BCUT2D eigenvalue weighted by molar-refractivity contribution is 0.0983. The minimum Gasteiger partial charge on any atom is -0.493 e. The van der Waals surface area contributed by atoms with Crippen LogP contribution in [0.3, 0.4) is 0 Å². The number of pyridine rings is 2. The van der Waals surface area contributed by atoms with Gasteiger partial charge in [0, 0.05) is 35.1 Å². The molecule has 6 rings (SSSR count). The lowest BCUT2D eigenvalue weighted by atomic mass is 10.0. The lowest BCUT2D eigenvalue weighted by Gasteiger charge is -2.18. The van der Waals surface area contributed by atoms with E-state index >= 15 is 0 Å². The van der Waals surface area contributed by atoms with Crippen LogP contribution in [0.1, 0.15) is 53.6 Å². The molecule has 0 unspecified atom stereocenters. The molecule has 1 aliphatic heterocycles. The van der Waals surface area contributed by atoms with Gasteiger partial charge in [-0.3, -0.25) is 24.2 Å². The fourth-order valence-corrected chi connectivity index (χ4v) is 4.90. The van der Waals surface area contributed by atoms with Crippen molar-refractivity contribution >= 4 is 16.7 Å². The number of hydrogen-bond donors (Lipinski definition) is 0. The Bertz CT molecular complexity index is 1810. The highest BCUT2D eigenvalue weighted by atomic mass is 16.5. The molecule has 0 radical (unpaired) electrons. The van der Waals surface area contributed by atoms with Gasteiger partial charge in [0.15, 0.2) is 11.5 Å². The van der Waals surface area contributed by atoms with Crippen LogP contribution in [-0.2, 0) is 12.8 Å². The average Bonchev–Trinajstić information content (AvgIpc) is 2.98. The van der Waals surface area contributed by atoms with Crippen LogP contribution in [0, 0.1) is 6.92 Å². The molecule has 3 aromatic heterocycles. The summed E-state index contributed by atoms with van der Waals surface area (Å²) in [5.41, 5.74) is 4.33. The zero-order valence-corrected chi connectivity index (χ0v) is 23.3. The second-order valence-corrected chi connectivity index (χ2v) is 10.6. The van der Waals surface area contributed by atoms with Gasteiger partial charge in [-0.05, 0) is 75.1 Å². The summed E-state index contributed by atoms with van der Waals surface area (Å²) >= 11 is 0. The number of carbonyl (C=O) groups is 1. The van der Waals surface area contributed by atoms with Gasteiger partial charge < -0.3 is 9.47 Å². The molecule has 8 heteroatoms. The van der Waals surface area contributed by atoms with Gasteiger partial charge in [-0.25, -0.2) is 0 Å². The standard InChI is InChI=1S/C33H30N4O4/c1-20(2)37-19-27(22-8-6-21(3)7-9-22)33(39)32(36-37)29(38)16-24-10-11-25(18-35-24)41-30-12-13-34-28-15-23-5-4-14-40-31(23)17-26(28)30/h6-13,15,17-20H,4-5,14,16H2,1-3H3. The van der Waals surface area contributed by atoms with Crippen molar-refractivity contribution in [1.29, 1.82) is 0 Å². The van der Waals surface area contributed by atoms with Crippen molar-refractivity contribution in [3.8, 4) is 28.4 Å². The molecule has 0 saturated carbocycles. The summed E-state index contributed by atoms with van der Waals surface area (Å²) in [6, 6.07) is 17.0. The average molecular weight is 547 g/mol. The zero-order chi connectivity index (χ0) is 28.5. The fraction of sp³-hybridized carbons (Fsp3) is 0.242. The van der Waals surface area contributed by atoms with E-state index in [1.165, 1.54) is 0 Å². The molecule has 0 fully saturated rings. The maximum absolute atomic E-state index is 13.4. The Labute approximate surface area is 237 Å². The monoisotopic (exact) mass is 546 g/mol. The molecular weight excluding hydrogens is 516 g/mol.